The first-order valence-corrected chi connectivity index (χ1v) is 6.71. The number of nitrogens with zero attached hydrogens (tertiary/aromatic N) is 2. The quantitative estimate of drug-likeness (QED) is 0.566. The molecule has 8 heteroatoms. The predicted molar refractivity (Wildman–Crippen MR) is 70.2 cm³/mol. The Labute approximate surface area is 117 Å². The van der Waals surface area contributed by atoms with E-state index in [-0.39, 0.29) is 30.7 Å². The van der Waals surface area contributed by atoms with Crippen LogP contribution in [0.15, 0.2) is 0 Å². The highest BCUT2D eigenvalue weighted by Crippen LogP contribution is 2.21. The van der Waals surface area contributed by atoms with Crippen LogP contribution >= 0.6 is 0 Å². The van der Waals surface area contributed by atoms with Gasteiger partial charge >= 0.3 is 0 Å². The van der Waals surface area contributed by atoms with Crippen LogP contribution in [0.2, 0.25) is 0 Å². The molecule has 0 heterocycles. The molecule has 1 N–H and O–H groups in total. The summed E-state index contributed by atoms with van der Waals surface area (Å²) < 4.78 is 0. The zero-order valence-corrected chi connectivity index (χ0v) is 11.8. The van der Waals surface area contributed by atoms with E-state index in [1.807, 2.05) is 0 Å². The van der Waals surface area contributed by atoms with Gasteiger partial charge in [0, 0.05) is 26.9 Å². The highest BCUT2D eigenvalue weighted by Gasteiger charge is 2.29. The Balaban J connectivity index is 2.41. The van der Waals surface area contributed by atoms with Crippen molar-refractivity contribution in [3.05, 3.63) is 10.1 Å². The van der Waals surface area contributed by atoms with E-state index >= 15 is 0 Å². The van der Waals surface area contributed by atoms with Gasteiger partial charge in [-0.05, 0) is 12.8 Å². The van der Waals surface area contributed by atoms with Crippen molar-refractivity contribution in [1.29, 1.82) is 0 Å². The Morgan fingerprint density at radius 1 is 1.30 bits per heavy atom. The highest BCUT2D eigenvalue weighted by molar-refractivity contribution is 5.83. The zero-order valence-electron chi connectivity index (χ0n) is 11.8. The summed E-state index contributed by atoms with van der Waals surface area (Å²) in [4.78, 5) is 39.6. The predicted octanol–water partition coefficient (Wildman–Crippen LogP) is 0.490. The van der Waals surface area contributed by atoms with Crippen LogP contribution in [0, 0.1) is 10.1 Å². The van der Waals surface area contributed by atoms with Crippen LogP contribution in [0.1, 0.15) is 38.5 Å². The largest absolute Gasteiger partial charge is 0.351 e. The Bertz CT molecular complexity index is 372. The summed E-state index contributed by atoms with van der Waals surface area (Å²) in [6.45, 7) is 0. The fourth-order valence-electron chi connectivity index (χ4n) is 2.22. The van der Waals surface area contributed by atoms with Crippen molar-refractivity contribution in [2.24, 2.45) is 0 Å². The van der Waals surface area contributed by atoms with Crippen molar-refractivity contribution in [2.75, 3.05) is 14.1 Å². The van der Waals surface area contributed by atoms with E-state index in [9.17, 15) is 19.7 Å². The number of amides is 2. The van der Waals surface area contributed by atoms with Gasteiger partial charge in [0.15, 0.2) is 0 Å². The Morgan fingerprint density at radius 3 is 2.55 bits per heavy atom. The summed E-state index contributed by atoms with van der Waals surface area (Å²) in [5.41, 5.74) is 0. The van der Waals surface area contributed by atoms with E-state index in [0.29, 0.717) is 12.8 Å². The van der Waals surface area contributed by atoms with E-state index in [1.54, 1.807) is 14.1 Å². The zero-order chi connectivity index (χ0) is 15.1. The Morgan fingerprint density at radius 2 is 1.95 bits per heavy atom. The van der Waals surface area contributed by atoms with Gasteiger partial charge in [-0.1, -0.05) is 12.8 Å². The lowest BCUT2D eigenvalue weighted by Gasteiger charge is -2.30. The number of carbonyl (C=O) groups is 2. The molecule has 1 saturated carbocycles. The van der Waals surface area contributed by atoms with Gasteiger partial charge in [-0.25, -0.2) is 0 Å². The van der Waals surface area contributed by atoms with Crippen molar-refractivity contribution < 1.29 is 19.5 Å². The average Bonchev–Trinajstić information content (AvgIpc) is 2.37. The number of rotatable bonds is 6. The molecule has 1 fully saturated rings. The lowest BCUT2D eigenvalue weighted by molar-refractivity contribution is -0.770. The van der Waals surface area contributed by atoms with Gasteiger partial charge in [-0.15, -0.1) is 10.1 Å². The van der Waals surface area contributed by atoms with Crippen LogP contribution in [0.3, 0.4) is 0 Å². The van der Waals surface area contributed by atoms with Gasteiger partial charge in [0.05, 0.1) is 6.04 Å². The standard InChI is InChI=1S/C12H21N3O5/c1-14(2)12(17)8-7-11(16)13-9-5-3-4-6-10(9)20-15(18)19/h9-10H,3-8H2,1-2H3,(H,13,16)/t9-,10-/m1/s1. The maximum atomic E-state index is 11.8. The van der Waals surface area contributed by atoms with Crippen LogP contribution < -0.4 is 5.32 Å². The van der Waals surface area contributed by atoms with Crippen molar-refractivity contribution in [2.45, 2.75) is 50.7 Å². The van der Waals surface area contributed by atoms with Crippen LogP contribution in [0.4, 0.5) is 0 Å². The molecule has 1 aliphatic carbocycles. The summed E-state index contributed by atoms with van der Waals surface area (Å²) in [5, 5.41) is 12.3. The van der Waals surface area contributed by atoms with E-state index < -0.39 is 11.2 Å². The van der Waals surface area contributed by atoms with Gasteiger partial charge in [-0.2, -0.15) is 0 Å². The van der Waals surface area contributed by atoms with Crippen molar-refractivity contribution in [1.82, 2.24) is 10.2 Å². The minimum atomic E-state index is -0.815. The lowest BCUT2D eigenvalue weighted by Crippen LogP contribution is -2.47. The number of hydrogen-bond acceptors (Lipinski definition) is 5. The van der Waals surface area contributed by atoms with Crippen molar-refractivity contribution in [3.8, 4) is 0 Å². The van der Waals surface area contributed by atoms with Crippen molar-refractivity contribution >= 4 is 11.8 Å². The summed E-state index contributed by atoms with van der Waals surface area (Å²) >= 11 is 0. The van der Waals surface area contributed by atoms with Gasteiger partial charge in [0.25, 0.3) is 5.09 Å². The topological polar surface area (TPSA) is 102 Å². The normalized spacial score (nSPS) is 21.9. The fraction of sp³-hybridized carbons (Fsp3) is 0.833. The number of hydrogen-bond donors (Lipinski definition) is 1. The Kier molecular flexibility index (Phi) is 6.20. The van der Waals surface area contributed by atoms with E-state index in [1.165, 1.54) is 4.90 Å². The Hall–Kier alpha value is -1.86. The highest BCUT2D eigenvalue weighted by atomic mass is 17.0. The minimum Gasteiger partial charge on any atom is -0.351 e. The first-order chi connectivity index (χ1) is 9.40. The molecule has 0 spiro atoms. The third-order valence-corrected chi connectivity index (χ3v) is 3.34. The van der Waals surface area contributed by atoms with Crippen LogP contribution in [0.5, 0.6) is 0 Å². The fourth-order valence-corrected chi connectivity index (χ4v) is 2.22. The molecule has 8 nitrogen and oxygen atoms in total. The molecule has 0 aliphatic heterocycles. The van der Waals surface area contributed by atoms with Gasteiger partial charge in [0.1, 0.15) is 6.10 Å². The molecule has 1 rings (SSSR count). The molecule has 2 atom stereocenters. The van der Waals surface area contributed by atoms with Gasteiger partial charge < -0.3 is 15.1 Å². The van der Waals surface area contributed by atoms with Gasteiger partial charge in [0.2, 0.25) is 11.8 Å². The molecule has 20 heavy (non-hydrogen) atoms. The first-order valence-electron chi connectivity index (χ1n) is 6.71. The molecule has 2 amide bonds. The monoisotopic (exact) mass is 287 g/mol. The molecule has 0 saturated heterocycles. The molecule has 0 aromatic heterocycles. The molecule has 0 aromatic rings. The lowest BCUT2D eigenvalue weighted by atomic mass is 9.92. The van der Waals surface area contributed by atoms with Gasteiger partial charge in [-0.3, -0.25) is 9.59 Å². The molecule has 0 aromatic carbocycles. The smallest absolute Gasteiger partial charge is 0.294 e. The molecule has 0 unspecified atom stereocenters. The molecule has 0 radical (unpaired) electrons. The molecular weight excluding hydrogens is 266 g/mol. The number of carbonyl (C=O) groups excluding carboxylic acids is 2. The maximum Gasteiger partial charge on any atom is 0.294 e. The SMILES string of the molecule is CN(C)C(=O)CCC(=O)N[C@@H]1CCCC[C@H]1O[N+](=O)[O-]. The second-order valence-corrected chi connectivity index (χ2v) is 5.11. The molecular formula is C12H21N3O5. The average molecular weight is 287 g/mol. The van der Waals surface area contributed by atoms with E-state index in [0.717, 1.165) is 12.8 Å². The summed E-state index contributed by atoms with van der Waals surface area (Å²) in [6.07, 6.45) is 2.59. The molecule has 114 valence electrons. The van der Waals surface area contributed by atoms with Crippen LogP contribution in [-0.4, -0.2) is 48.0 Å². The maximum absolute atomic E-state index is 11.8. The van der Waals surface area contributed by atoms with Crippen molar-refractivity contribution in [3.63, 3.8) is 0 Å². The third-order valence-electron chi connectivity index (χ3n) is 3.34. The first kappa shape index (κ1) is 16.2. The second-order valence-electron chi connectivity index (χ2n) is 5.11. The summed E-state index contributed by atoms with van der Waals surface area (Å²) in [6, 6.07) is -0.351. The van der Waals surface area contributed by atoms with E-state index in [2.05, 4.69) is 10.2 Å². The van der Waals surface area contributed by atoms with E-state index in [4.69, 9.17) is 0 Å². The summed E-state index contributed by atoms with van der Waals surface area (Å²) in [5.74, 6) is -0.397. The number of nitrogens with one attached hydrogen (secondary N) is 1. The third kappa shape index (κ3) is 5.41. The molecule has 1 aliphatic rings. The van der Waals surface area contributed by atoms with Crippen LogP contribution in [0.25, 0.3) is 0 Å². The minimum absolute atomic E-state index is 0.0820. The molecule has 0 bridgehead atoms. The summed E-state index contributed by atoms with van der Waals surface area (Å²) in [7, 11) is 3.25. The van der Waals surface area contributed by atoms with Crippen LogP contribution in [-0.2, 0) is 14.4 Å². The second kappa shape index (κ2) is 7.66.